The maximum Gasteiger partial charge on any atom is 0.120 e. The van der Waals surface area contributed by atoms with E-state index in [0.29, 0.717) is 0 Å². The molecule has 0 unspecified atom stereocenters. The van der Waals surface area contributed by atoms with E-state index in [9.17, 15) is 0 Å². The Kier molecular flexibility index (Phi) is 5.47. The molecule has 3 rings (SSSR count). The van der Waals surface area contributed by atoms with E-state index < -0.39 is 0 Å². The van der Waals surface area contributed by atoms with Crippen LogP contribution in [0.1, 0.15) is 37.2 Å². The summed E-state index contributed by atoms with van der Waals surface area (Å²) in [7, 11) is 0. The number of piperidine rings is 1. The summed E-state index contributed by atoms with van der Waals surface area (Å²) in [5, 5.41) is 3.49. The number of aromatic nitrogens is 2. The first-order valence-electron chi connectivity index (χ1n) is 8.69. The lowest BCUT2D eigenvalue weighted by Gasteiger charge is -2.35. The van der Waals surface area contributed by atoms with Gasteiger partial charge in [-0.3, -0.25) is 4.90 Å². The minimum atomic E-state index is 0.777. The molecule has 1 aromatic heterocycles. The monoisotopic (exact) mass is 312 g/mol. The predicted molar refractivity (Wildman–Crippen MR) is 93.8 cm³/mol. The van der Waals surface area contributed by atoms with Gasteiger partial charge >= 0.3 is 0 Å². The number of likely N-dealkylation sites (tertiary alicyclic amines) is 1. The number of rotatable bonds is 6. The van der Waals surface area contributed by atoms with Crippen LogP contribution in [0.15, 0.2) is 36.7 Å². The highest BCUT2D eigenvalue weighted by atomic mass is 15.1. The fourth-order valence-electron chi connectivity index (χ4n) is 3.76. The van der Waals surface area contributed by atoms with Gasteiger partial charge in [0.1, 0.15) is 5.82 Å². The molecule has 2 atom stereocenters. The molecule has 0 aliphatic carbocycles. The Morgan fingerprint density at radius 3 is 2.57 bits per heavy atom. The van der Waals surface area contributed by atoms with Gasteiger partial charge in [0.25, 0.3) is 0 Å². The van der Waals surface area contributed by atoms with Crippen molar-refractivity contribution in [2.24, 2.45) is 11.8 Å². The van der Waals surface area contributed by atoms with Crippen LogP contribution in [0.2, 0.25) is 0 Å². The van der Waals surface area contributed by atoms with Gasteiger partial charge in [-0.1, -0.05) is 38.1 Å². The highest BCUT2D eigenvalue weighted by Gasteiger charge is 2.22. The number of hydrogen-bond acceptors (Lipinski definition) is 3. The Morgan fingerprint density at radius 2 is 1.87 bits per heavy atom. The average Bonchev–Trinajstić information content (AvgIpc) is 3.01. The molecule has 2 heterocycles. The number of benzene rings is 1. The maximum absolute atomic E-state index is 4.25. The molecule has 0 bridgehead atoms. The highest BCUT2D eigenvalue weighted by molar-refractivity contribution is 5.27. The Balaban J connectivity index is 1.58. The molecule has 1 aliphatic rings. The van der Waals surface area contributed by atoms with Crippen molar-refractivity contribution in [2.45, 2.75) is 39.9 Å². The molecule has 2 N–H and O–H groups in total. The summed E-state index contributed by atoms with van der Waals surface area (Å²) < 4.78 is 0. The van der Waals surface area contributed by atoms with E-state index >= 15 is 0 Å². The van der Waals surface area contributed by atoms with Crippen molar-refractivity contribution in [3.63, 3.8) is 0 Å². The van der Waals surface area contributed by atoms with Crippen molar-refractivity contribution in [3.8, 4) is 0 Å². The molecule has 1 aromatic carbocycles. The molecule has 1 fully saturated rings. The Labute approximate surface area is 139 Å². The summed E-state index contributed by atoms with van der Waals surface area (Å²) in [6, 6.07) is 8.80. The van der Waals surface area contributed by atoms with E-state index in [1.54, 1.807) is 6.20 Å². The Hall–Kier alpha value is -1.65. The fourth-order valence-corrected chi connectivity index (χ4v) is 3.76. The first kappa shape index (κ1) is 16.2. The molecule has 0 amide bonds. The first-order chi connectivity index (χ1) is 11.2. The minimum Gasteiger partial charge on any atom is -0.348 e. The molecule has 1 aliphatic heterocycles. The molecule has 0 radical (unpaired) electrons. The zero-order chi connectivity index (χ0) is 16.1. The van der Waals surface area contributed by atoms with Gasteiger partial charge in [0.15, 0.2) is 0 Å². The molecule has 2 aromatic rings. The van der Waals surface area contributed by atoms with Crippen LogP contribution in [0.25, 0.3) is 0 Å². The summed E-state index contributed by atoms with van der Waals surface area (Å²) >= 11 is 0. The van der Waals surface area contributed by atoms with E-state index in [1.807, 2.05) is 6.20 Å². The third-order valence-corrected chi connectivity index (χ3v) is 4.62. The van der Waals surface area contributed by atoms with Gasteiger partial charge < -0.3 is 10.3 Å². The van der Waals surface area contributed by atoms with Gasteiger partial charge in [-0.15, -0.1) is 0 Å². The third kappa shape index (κ3) is 4.66. The van der Waals surface area contributed by atoms with Crippen LogP contribution in [0.4, 0.5) is 0 Å². The molecule has 4 nitrogen and oxygen atoms in total. The van der Waals surface area contributed by atoms with Gasteiger partial charge in [-0.2, -0.15) is 0 Å². The van der Waals surface area contributed by atoms with E-state index in [-0.39, 0.29) is 0 Å². The number of hydrogen-bond donors (Lipinski definition) is 2. The summed E-state index contributed by atoms with van der Waals surface area (Å²) in [5.41, 5.74) is 2.84. The highest BCUT2D eigenvalue weighted by Crippen LogP contribution is 2.23. The lowest BCUT2D eigenvalue weighted by molar-refractivity contribution is 0.134. The fraction of sp³-hybridized carbons (Fsp3) is 0.526. The molecule has 4 heteroatoms. The summed E-state index contributed by atoms with van der Waals surface area (Å²) in [6.45, 7) is 9.91. The van der Waals surface area contributed by atoms with Gasteiger partial charge in [0.2, 0.25) is 0 Å². The van der Waals surface area contributed by atoms with Crippen LogP contribution in [-0.2, 0) is 19.6 Å². The van der Waals surface area contributed by atoms with Gasteiger partial charge in [0, 0.05) is 38.6 Å². The molecular formula is C19H28N4. The van der Waals surface area contributed by atoms with Crippen molar-refractivity contribution < 1.29 is 0 Å². The first-order valence-corrected chi connectivity index (χ1v) is 8.69. The largest absolute Gasteiger partial charge is 0.348 e. The lowest BCUT2D eigenvalue weighted by atomic mass is 9.91. The second kappa shape index (κ2) is 7.75. The summed E-state index contributed by atoms with van der Waals surface area (Å²) in [5.74, 6) is 2.60. The number of aromatic amines is 1. The van der Waals surface area contributed by atoms with Crippen molar-refractivity contribution in [2.75, 3.05) is 13.1 Å². The smallest absolute Gasteiger partial charge is 0.120 e. The maximum atomic E-state index is 4.25. The SMILES string of the molecule is C[C@@H]1C[C@@H](C)CN(Cc2ccccc2CNCc2ncc[nH]2)C1. The minimum absolute atomic E-state index is 0.777. The van der Waals surface area contributed by atoms with Crippen LogP contribution in [0.5, 0.6) is 0 Å². The standard InChI is InChI=1S/C19H28N4/c1-15-9-16(2)13-23(12-15)14-18-6-4-3-5-17(18)10-20-11-19-21-7-8-22-19/h3-8,15-16,20H,9-14H2,1-2H3,(H,21,22)/t15-,16-/m1/s1. The predicted octanol–water partition coefficient (Wildman–Crippen LogP) is 3.18. The summed E-state index contributed by atoms with van der Waals surface area (Å²) in [6.07, 6.45) is 5.02. The second-order valence-corrected chi connectivity index (χ2v) is 7.05. The zero-order valence-corrected chi connectivity index (χ0v) is 14.3. The third-order valence-electron chi connectivity index (χ3n) is 4.62. The molecule has 0 saturated carbocycles. The quantitative estimate of drug-likeness (QED) is 0.861. The van der Waals surface area contributed by atoms with Crippen LogP contribution < -0.4 is 5.32 Å². The van der Waals surface area contributed by atoms with E-state index in [1.165, 1.54) is 30.6 Å². The normalized spacial score (nSPS) is 22.3. The molecular weight excluding hydrogens is 284 g/mol. The zero-order valence-electron chi connectivity index (χ0n) is 14.3. The van der Waals surface area contributed by atoms with Crippen molar-refractivity contribution in [1.29, 1.82) is 0 Å². The average molecular weight is 312 g/mol. The Morgan fingerprint density at radius 1 is 1.13 bits per heavy atom. The van der Waals surface area contributed by atoms with Crippen LogP contribution in [0.3, 0.4) is 0 Å². The van der Waals surface area contributed by atoms with Crippen molar-refractivity contribution in [1.82, 2.24) is 20.2 Å². The van der Waals surface area contributed by atoms with Gasteiger partial charge in [-0.05, 0) is 29.4 Å². The van der Waals surface area contributed by atoms with Gasteiger partial charge in [0.05, 0.1) is 6.54 Å². The summed E-state index contributed by atoms with van der Waals surface area (Å²) in [4.78, 5) is 10.0. The molecule has 1 saturated heterocycles. The van der Waals surface area contributed by atoms with Crippen LogP contribution in [0, 0.1) is 11.8 Å². The second-order valence-electron chi connectivity index (χ2n) is 7.05. The topological polar surface area (TPSA) is 44.0 Å². The molecule has 0 spiro atoms. The van der Waals surface area contributed by atoms with E-state index in [2.05, 4.69) is 58.3 Å². The van der Waals surface area contributed by atoms with Gasteiger partial charge in [-0.25, -0.2) is 4.98 Å². The van der Waals surface area contributed by atoms with Crippen LogP contribution >= 0.6 is 0 Å². The number of imidazole rings is 1. The number of nitrogens with zero attached hydrogens (tertiary/aromatic N) is 2. The number of nitrogens with one attached hydrogen (secondary N) is 2. The van der Waals surface area contributed by atoms with Crippen LogP contribution in [-0.4, -0.2) is 28.0 Å². The Bertz CT molecular complexity index is 583. The van der Waals surface area contributed by atoms with Crippen molar-refractivity contribution in [3.05, 3.63) is 53.6 Å². The molecule has 23 heavy (non-hydrogen) atoms. The lowest BCUT2D eigenvalue weighted by Crippen LogP contribution is -2.38. The molecule has 124 valence electrons. The number of H-pyrrole nitrogens is 1. The van der Waals surface area contributed by atoms with E-state index in [4.69, 9.17) is 0 Å². The van der Waals surface area contributed by atoms with Crippen molar-refractivity contribution >= 4 is 0 Å². The van der Waals surface area contributed by atoms with E-state index in [0.717, 1.165) is 37.3 Å².